The fourth-order valence-corrected chi connectivity index (χ4v) is 3.59. The number of nitrogens with two attached hydrogens (primary N) is 1. The number of ether oxygens (including phenoxy) is 2. The van der Waals surface area contributed by atoms with E-state index in [-0.39, 0.29) is 5.82 Å². The molecule has 2 aromatic heterocycles. The van der Waals surface area contributed by atoms with E-state index in [0.717, 1.165) is 10.8 Å². The Bertz CT molecular complexity index is 1570. The Labute approximate surface area is 206 Å². The normalized spacial score (nSPS) is 11.4. The van der Waals surface area contributed by atoms with Crippen LogP contribution in [-0.4, -0.2) is 26.8 Å². The van der Waals surface area contributed by atoms with Gasteiger partial charge in [-0.15, -0.1) is 0 Å². The lowest BCUT2D eigenvalue weighted by Gasteiger charge is -2.19. The molecule has 4 N–H and O–H groups in total. The largest absolute Gasteiger partial charge is 0.444 e. The highest BCUT2D eigenvalue weighted by atomic mass is 16.6. The molecule has 0 spiro atoms. The third-order valence-electron chi connectivity index (χ3n) is 5.11. The molecule has 0 aliphatic carbocycles. The van der Waals surface area contributed by atoms with Crippen LogP contribution in [0.5, 0.6) is 11.6 Å². The van der Waals surface area contributed by atoms with Crippen LogP contribution >= 0.6 is 0 Å². The minimum atomic E-state index is -0.639. The fraction of sp³-hybridized carbons (Fsp3) is 0.154. The van der Waals surface area contributed by atoms with Gasteiger partial charge in [-0.2, -0.15) is 4.98 Å². The van der Waals surface area contributed by atoms with Crippen LogP contribution in [0.15, 0.2) is 71.4 Å². The zero-order valence-electron chi connectivity index (χ0n) is 19.9. The molecule has 0 unspecified atom stereocenters. The summed E-state index contributed by atoms with van der Waals surface area (Å²) >= 11 is 0. The first-order valence-electron chi connectivity index (χ1n) is 11.2. The van der Waals surface area contributed by atoms with E-state index in [1.54, 1.807) is 57.3 Å². The van der Waals surface area contributed by atoms with E-state index in [1.165, 1.54) is 0 Å². The van der Waals surface area contributed by atoms with E-state index < -0.39 is 11.7 Å². The van der Waals surface area contributed by atoms with Crippen molar-refractivity contribution in [3.05, 3.63) is 66.9 Å². The summed E-state index contributed by atoms with van der Waals surface area (Å²) in [5, 5.41) is 12.1. The van der Waals surface area contributed by atoms with Crippen molar-refractivity contribution < 1.29 is 18.8 Å². The molecule has 5 aromatic rings. The number of rotatable bonds is 5. The van der Waals surface area contributed by atoms with Crippen LogP contribution in [0.4, 0.5) is 27.9 Å². The number of amides is 1. The van der Waals surface area contributed by atoms with Gasteiger partial charge in [0.05, 0.1) is 5.39 Å². The van der Waals surface area contributed by atoms with E-state index in [0.29, 0.717) is 39.9 Å². The first-order valence-corrected chi connectivity index (χ1v) is 11.2. The second-order valence-corrected chi connectivity index (χ2v) is 9.01. The van der Waals surface area contributed by atoms with Crippen molar-refractivity contribution in [1.29, 1.82) is 0 Å². The molecule has 0 saturated heterocycles. The Morgan fingerprint density at radius 3 is 2.61 bits per heavy atom. The number of fused-ring (bicyclic) bond motifs is 2. The van der Waals surface area contributed by atoms with Gasteiger partial charge in [-0.1, -0.05) is 29.4 Å². The monoisotopic (exact) mass is 484 g/mol. The van der Waals surface area contributed by atoms with Crippen molar-refractivity contribution in [3.63, 3.8) is 0 Å². The standard InChI is InChI=1S/C26H24N6O4/c1-26(2,3)35-25(33)31-23-18-14-15(8-10-21(18)36-32-23)29-24-28-13-12-22(30-24)34-20-11-9-19(27)16-6-4-5-7-17(16)20/h4-14H,27H2,1-3H3,(H,28,29,30)(H,31,32,33). The van der Waals surface area contributed by atoms with Crippen LogP contribution in [0.25, 0.3) is 21.7 Å². The summed E-state index contributed by atoms with van der Waals surface area (Å²) in [6.45, 7) is 5.34. The smallest absolute Gasteiger partial charge is 0.413 e. The summed E-state index contributed by atoms with van der Waals surface area (Å²) in [6, 6.07) is 18.3. The van der Waals surface area contributed by atoms with Crippen LogP contribution in [-0.2, 0) is 4.74 Å². The number of nitrogen functional groups attached to an aromatic ring is 1. The predicted octanol–water partition coefficient (Wildman–Crippen LogP) is 6.24. The Balaban J connectivity index is 1.36. The number of carbonyl (C=O) groups excluding carboxylic acids is 1. The van der Waals surface area contributed by atoms with Gasteiger partial charge in [0.1, 0.15) is 11.4 Å². The Morgan fingerprint density at radius 2 is 1.81 bits per heavy atom. The number of nitrogens with one attached hydrogen (secondary N) is 2. The van der Waals surface area contributed by atoms with Gasteiger partial charge in [-0.3, -0.25) is 5.32 Å². The molecule has 10 heteroatoms. The Kier molecular flexibility index (Phi) is 5.77. The van der Waals surface area contributed by atoms with Crippen molar-refractivity contribution in [3.8, 4) is 11.6 Å². The lowest BCUT2D eigenvalue weighted by Crippen LogP contribution is -2.27. The fourth-order valence-electron chi connectivity index (χ4n) is 3.59. The number of benzene rings is 3. The van der Waals surface area contributed by atoms with Crippen molar-refractivity contribution in [2.24, 2.45) is 0 Å². The average molecular weight is 485 g/mol. The summed E-state index contributed by atoms with van der Waals surface area (Å²) in [7, 11) is 0. The first-order chi connectivity index (χ1) is 17.2. The molecular formula is C26H24N6O4. The number of nitrogens with zero attached hydrogens (tertiary/aromatic N) is 3. The topological polar surface area (TPSA) is 137 Å². The molecule has 0 bridgehead atoms. The van der Waals surface area contributed by atoms with Gasteiger partial charge in [0, 0.05) is 34.4 Å². The number of anilines is 4. The van der Waals surface area contributed by atoms with Crippen molar-refractivity contribution in [2.45, 2.75) is 26.4 Å². The third-order valence-corrected chi connectivity index (χ3v) is 5.11. The van der Waals surface area contributed by atoms with Gasteiger partial charge in [0.15, 0.2) is 11.4 Å². The van der Waals surface area contributed by atoms with Crippen molar-refractivity contribution in [2.75, 3.05) is 16.4 Å². The molecule has 10 nitrogen and oxygen atoms in total. The van der Waals surface area contributed by atoms with Crippen LogP contribution in [0, 0.1) is 0 Å². The zero-order valence-corrected chi connectivity index (χ0v) is 19.9. The first kappa shape index (κ1) is 22.9. The van der Waals surface area contributed by atoms with Crippen LogP contribution in [0.2, 0.25) is 0 Å². The highest BCUT2D eigenvalue weighted by Gasteiger charge is 2.19. The van der Waals surface area contributed by atoms with E-state index >= 15 is 0 Å². The second kappa shape index (κ2) is 9.06. The maximum Gasteiger partial charge on any atom is 0.413 e. The van der Waals surface area contributed by atoms with Gasteiger partial charge >= 0.3 is 6.09 Å². The molecule has 36 heavy (non-hydrogen) atoms. The summed E-state index contributed by atoms with van der Waals surface area (Å²) in [5.41, 5.74) is 7.29. The minimum absolute atomic E-state index is 0.246. The van der Waals surface area contributed by atoms with Crippen molar-refractivity contribution in [1.82, 2.24) is 15.1 Å². The Morgan fingerprint density at radius 1 is 1.00 bits per heavy atom. The minimum Gasteiger partial charge on any atom is -0.444 e. The molecule has 0 atom stereocenters. The van der Waals surface area contributed by atoms with Crippen LogP contribution in [0.3, 0.4) is 0 Å². The molecule has 0 aliphatic rings. The number of hydrogen-bond acceptors (Lipinski definition) is 9. The van der Waals surface area contributed by atoms with Gasteiger partial charge < -0.3 is 25.0 Å². The maximum absolute atomic E-state index is 12.2. The molecule has 0 aliphatic heterocycles. The van der Waals surface area contributed by atoms with Gasteiger partial charge in [0.25, 0.3) is 0 Å². The molecule has 3 aromatic carbocycles. The highest BCUT2D eigenvalue weighted by Crippen LogP contribution is 2.33. The Hall–Kier alpha value is -4.86. The molecule has 1 amide bonds. The van der Waals surface area contributed by atoms with E-state index in [4.69, 9.17) is 19.7 Å². The van der Waals surface area contributed by atoms with Crippen LogP contribution in [0.1, 0.15) is 20.8 Å². The molecule has 0 fully saturated rings. The van der Waals surface area contributed by atoms with E-state index in [1.807, 2.05) is 30.3 Å². The van der Waals surface area contributed by atoms with Gasteiger partial charge in [-0.25, -0.2) is 9.78 Å². The number of carbonyl (C=O) groups is 1. The number of aromatic nitrogens is 3. The van der Waals surface area contributed by atoms with Gasteiger partial charge in [0.2, 0.25) is 11.8 Å². The van der Waals surface area contributed by atoms with Crippen molar-refractivity contribution >= 4 is 51.0 Å². The molecular weight excluding hydrogens is 460 g/mol. The van der Waals surface area contributed by atoms with Crippen LogP contribution < -0.4 is 21.1 Å². The predicted molar refractivity (Wildman–Crippen MR) is 138 cm³/mol. The summed E-state index contributed by atoms with van der Waals surface area (Å²) in [6.07, 6.45) is 0.969. The zero-order chi connectivity index (χ0) is 25.3. The molecule has 5 rings (SSSR count). The van der Waals surface area contributed by atoms with E-state index in [2.05, 4.69) is 25.8 Å². The highest BCUT2D eigenvalue weighted by molar-refractivity contribution is 5.98. The molecule has 182 valence electrons. The molecule has 2 heterocycles. The SMILES string of the molecule is CC(C)(C)OC(=O)Nc1noc2ccc(Nc3nccc(Oc4ccc(N)c5ccccc45)n3)cc12. The second-order valence-electron chi connectivity index (χ2n) is 9.01. The lowest BCUT2D eigenvalue weighted by atomic mass is 10.1. The van der Waals surface area contributed by atoms with Gasteiger partial charge in [-0.05, 0) is 51.1 Å². The lowest BCUT2D eigenvalue weighted by molar-refractivity contribution is 0.0635. The summed E-state index contributed by atoms with van der Waals surface area (Å²) in [4.78, 5) is 20.9. The third kappa shape index (κ3) is 4.97. The quantitative estimate of drug-likeness (QED) is 0.248. The summed E-state index contributed by atoms with van der Waals surface area (Å²) < 4.78 is 16.7. The summed E-state index contributed by atoms with van der Waals surface area (Å²) in [5.74, 6) is 1.56. The molecule has 0 saturated carbocycles. The average Bonchev–Trinajstić information content (AvgIpc) is 3.22. The number of hydrogen-bond donors (Lipinski definition) is 3. The maximum atomic E-state index is 12.2. The van der Waals surface area contributed by atoms with E-state index in [9.17, 15) is 4.79 Å². The molecule has 0 radical (unpaired) electrons.